The van der Waals surface area contributed by atoms with Gasteiger partial charge in [-0.15, -0.1) is 11.8 Å². The van der Waals surface area contributed by atoms with Gasteiger partial charge in [0.2, 0.25) is 16.8 Å². The van der Waals surface area contributed by atoms with Crippen molar-refractivity contribution in [1.29, 1.82) is 0 Å². The molecule has 2 aliphatic heterocycles. The van der Waals surface area contributed by atoms with E-state index in [0.717, 1.165) is 30.4 Å². The highest BCUT2D eigenvalue weighted by atomic mass is 32.2. The summed E-state index contributed by atoms with van der Waals surface area (Å²) in [5.74, 6) is -2.84. The third kappa shape index (κ3) is 8.77. The molecule has 6 rings (SSSR count). The molecular formula is C45H51BF2N4O6PS+. The SMILES string of the molecule is CCOC(=O)C(SC[C@H](NC(=O)CCC1=[N+]2C(=Cc3c(C)cc(C)n3[B-]2(F)F)C=C1)C(=O)N[C@H](C(=O)OC)C(C)C)[P+](c1ccccc1)(c1ccccc1)c1ccccc1. The van der Waals surface area contributed by atoms with Crippen LogP contribution in [0.3, 0.4) is 0 Å². The number of carbonyl (C=O) groups is 4. The number of methoxy groups -OCH3 is 1. The summed E-state index contributed by atoms with van der Waals surface area (Å²) in [4.78, 5) is 54.6. The number of benzene rings is 3. The minimum Gasteiger partial charge on any atom is -0.467 e. The number of allylic oxidation sites excluding steroid dienone is 2. The van der Waals surface area contributed by atoms with E-state index in [0.29, 0.717) is 17.1 Å². The minimum absolute atomic E-state index is 0.0416. The summed E-state index contributed by atoms with van der Waals surface area (Å²) >= 11 is 1.20. The Hall–Kier alpha value is -5.33. The number of aryl methyl sites for hydroxylation is 2. The molecule has 0 bridgehead atoms. The second-order valence-electron chi connectivity index (χ2n) is 15.1. The van der Waals surface area contributed by atoms with Crippen LogP contribution in [0.25, 0.3) is 6.08 Å². The van der Waals surface area contributed by atoms with Crippen molar-refractivity contribution in [3.8, 4) is 0 Å². The molecule has 2 aliphatic rings. The second kappa shape index (κ2) is 18.9. The number of nitrogens with zero attached hydrogens (tertiary/aromatic N) is 2. The first kappa shape index (κ1) is 44.2. The first-order valence-electron chi connectivity index (χ1n) is 20.0. The number of hydrogen-bond donors (Lipinski definition) is 2. The lowest BCUT2D eigenvalue weighted by molar-refractivity contribution is -0.362. The van der Waals surface area contributed by atoms with Gasteiger partial charge in [0, 0.05) is 42.5 Å². The summed E-state index contributed by atoms with van der Waals surface area (Å²) in [7, 11) is -1.71. The van der Waals surface area contributed by atoms with Crippen molar-refractivity contribution >= 4 is 77.4 Å². The molecule has 60 heavy (non-hydrogen) atoms. The predicted molar refractivity (Wildman–Crippen MR) is 238 cm³/mol. The number of fused-ring (bicyclic) bond motifs is 2. The molecule has 2 N–H and O–H groups in total. The fourth-order valence-electron chi connectivity index (χ4n) is 8.05. The number of halogens is 2. The Balaban J connectivity index is 1.35. The lowest BCUT2D eigenvalue weighted by Gasteiger charge is -2.33. The van der Waals surface area contributed by atoms with Crippen molar-refractivity contribution in [2.24, 2.45) is 5.92 Å². The summed E-state index contributed by atoms with van der Waals surface area (Å²) in [5.41, 5.74) is 2.24. The predicted octanol–water partition coefficient (Wildman–Crippen LogP) is 5.90. The van der Waals surface area contributed by atoms with Crippen molar-refractivity contribution in [1.82, 2.24) is 15.1 Å². The lowest BCUT2D eigenvalue weighted by Crippen LogP contribution is -2.54. The minimum atomic E-state index is -4.24. The zero-order valence-corrected chi connectivity index (χ0v) is 36.4. The molecule has 0 saturated carbocycles. The molecule has 1 aromatic heterocycles. The first-order valence-corrected chi connectivity index (χ1v) is 22.9. The van der Waals surface area contributed by atoms with E-state index in [1.54, 1.807) is 58.9 Å². The maximum absolute atomic E-state index is 16.2. The molecule has 314 valence electrons. The number of carbonyl (C=O) groups excluding carboxylic acids is 4. The van der Waals surface area contributed by atoms with Crippen LogP contribution in [-0.2, 0) is 28.7 Å². The third-order valence-electron chi connectivity index (χ3n) is 10.8. The number of aromatic nitrogens is 1. The highest BCUT2D eigenvalue weighted by Gasteiger charge is 2.57. The molecule has 1 unspecified atom stereocenters. The van der Waals surface area contributed by atoms with Gasteiger partial charge in [0.15, 0.2) is 5.70 Å². The summed E-state index contributed by atoms with van der Waals surface area (Å²) in [6.45, 7) is 4.56. The zero-order chi connectivity index (χ0) is 43.2. The van der Waals surface area contributed by atoms with Gasteiger partial charge in [-0.2, -0.15) is 0 Å². The van der Waals surface area contributed by atoms with Gasteiger partial charge in [-0.1, -0.05) is 68.4 Å². The average Bonchev–Trinajstić information content (AvgIpc) is 3.80. The molecule has 3 heterocycles. The van der Waals surface area contributed by atoms with Crippen molar-refractivity contribution in [3.05, 3.63) is 132 Å². The molecule has 0 spiro atoms. The molecule has 10 nitrogen and oxygen atoms in total. The molecular weight excluding hydrogens is 804 g/mol. The van der Waals surface area contributed by atoms with E-state index in [9.17, 15) is 19.2 Å². The highest BCUT2D eigenvalue weighted by molar-refractivity contribution is 8.15. The summed E-state index contributed by atoms with van der Waals surface area (Å²) < 4.78 is 45.2. The topological polar surface area (TPSA) is 119 Å². The first-order chi connectivity index (χ1) is 28.7. The number of rotatable bonds is 17. The molecule has 0 saturated heterocycles. The van der Waals surface area contributed by atoms with Gasteiger partial charge in [-0.3, -0.25) is 9.59 Å². The Labute approximate surface area is 354 Å². The number of hydrogen-bond acceptors (Lipinski definition) is 7. The molecule has 0 fully saturated rings. The van der Waals surface area contributed by atoms with Gasteiger partial charge in [0.05, 0.1) is 13.7 Å². The van der Waals surface area contributed by atoms with E-state index in [2.05, 4.69) is 10.6 Å². The van der Waals surface area contributed by atoms with Crippen LogP contribution in [0.5, 0.6) is 0 Å². The quantitative estimate of drug-likeness (QED) is 0.0772. The Morgan fingerprint density at radius 1 is 0.850 bits per heavy atom. The lowest BCUT2D eigenvalue weighted by atomic mass is 9.90. The summed E-state index contributed by atoms with van der Waals surface area (Å²) in [6.07, 6.45) is 4.68. The molecule has 3 aromatic carbocycles. The number of esters is 2. The van der Waals surface area contributed by atoms with E-state index in [4.69, 9.17) is 9.47 Å². The van der Waals surface area contributed by atoms with Crippen LogP contribution in [-0.4, -0.2) is 81.9 Å². The van der Waals surface area contributed by atoms with Gasteiger partial charge in [-0.25, -0.2) is 9.59 Å². The number of thioether (sulfide) groups is 1. The Morgan fingerprint density at radius 3 is 1.93 bits per heavy atom. The highest BCUT2D eigenvalue weighted by Crippen LogP contribution is 2.63. The van der Waals surface area contributed by atoms with Gasteiger partial charge < -0.3 is 37.7 Å². The van der Waals surface area contributed by atoms with Crippen LogP contribution >= 0.6 is 19.0 Å². The molecule has 15 heteroatoms. The van der Waals surface area contributed by atoms with E-state index in [1.807, 2.05) is 91.0 Å². The third-order valence-corrected chi connectivity index (χ3v) is 17.5. The molecule has 4 aromatic rings. The molecule has 0 aliphatic carbocycles. The van der Waals surface area contributed by atoms with Crippen LogP contribution in [0, 0.1) is 19.8 Å². The summed E-state index contributed by atoms with van der Waals surface area (Å²) in [6, 6.07) is 28.7. The van der Waals surface area contributed by atoms with Crippen molar-refractivity contribution < 1.29 is 41.8 Å². The number of nitrogens with one attached hydrogen (secondary N) is 2. The van der Waals surface area contributed by atoms with Crippen molar-refractivity contribution in [2.45, 2.75) is 64.5 Å². The van der Waals surface area contributed by atoms with Crippen molar-refractivity contribution in [3.63, 3.8) is 0 Å². The normalized spacial score (nSPS) is 15.7. The largest absolute Gasteiger partial charge is 0.737 e. The zero-order valence-electron chi connectivity index (χ0n) is 34.6. The fourth-order valence-corrected chi connectivity index (χ4v) is 15.1. The number of amides is 2. The molecule has 2 amide bonds. The Kier molecular flexibility index (Phi) is 14.0. The summed E-state index contributed by atoms with van der Waals surface area (Å²) in [5, 5.41) is 8.33. The van der Waals surface area contributed by atoms with Crippen LogP contribution in [0.4, 0.5) is 8.63 Å². The maximum Gasteiger partial charge on any atom is 0.737 e. The van der Waals surface area contributed by atoms with Gasteiger partial charge in [0.1, 0.15) is 41.0 Å². The van der Waals surface area contributed by atoms with E-state index in [1.165, 1.54) is 18.9 Å². The van der Waals surface area contributed by atoms with E-state index in [-0.39, 0.29) is 36.8 Å². The van der Waals surface area contributed by atoms with Crippen LogP contribution in [0.15, 0.2) is 115 Å². The maximum atomic E-state index is 16.2. The van der Waals surface area contributed by atoms with E-state index < -0.39 is 55.1 Å². The van der Waals surface area contributed by atoms with Gasteiger partial charge in [0.25, 0.3) is 0 Å². The fraction of sp³-hybridized carbons (Fsp3) is 0.311. The number of ether oxygens (including phenoxy) is 2. The standard InChI is InChI=1S/C45H50BF2N4O6PS/c1-7-58-44(56)45(59(35-17-11-8-12-18-35,36-19-13-9-14-20-36)37-21-15-10-16-22-37)60-29-38(42(54)50-41(30(2)3)43(55)57-6)49-40(53)26-25-33-23-24-34-28-39-31(4)27-32(5)51(39)46(47,48)52(33)34/h8-24,27-28,30,38,41,45H,7,25-26,29H2,1-6H3,(H-,49,50,53,54)/p+1/t38-,41-,45?/m0/s1. The van der Waals surface area contributed by atoms with Gasteiger partial charge in [-0.05, 0) is 80.4 Å². The van der Waals surface area contributed by atoms with Crippen LogP contribution in [0.2, 0.25) is 0 Å². The van der Waals surface area contributed by atoms with Crippen molar-refractivity contribution in [2.75, 3.05) is 19.5 Å². The Bertz CT molecular complexity index is 2220. The second-order valence-corrected chi connectivity index (χ2v) is 20.1. The van der Waals surface area contributed by atoms with Gasteiger partial charge >= 0.3 is 18.9 Å². The Morgan fingerprint density at radius 2 is 1.42 bits per heavy atom. The molecule has 0 radical (unpaired) electrons. The smallest absolute Gasteiger partial charge is 0.467 e. The van der Waals surface area contributed by atoms with Crippen LogP contribution < -0.4 is 26.5 Å². The average molecular weight is 856 g/mol. The van der Waals surface area contributed by atoms with Crippen LogP contribution in [0.1, 0.15) is 50.6 Å². The monoisotopic (exact) mass is 855 g/mol. The molecule has 3 atom stereocenters. The van der Waals surface area contributed by atoms with E-state index >= 15 is 8.63 Å².